The van der Waals surface area contributed by atoms with Gasteiger partial charge in [-0.25, -0.2) is 4.98 Å². The third-order valence-electron chi connectivity index (χ3n) is 4.64. The van der Waals surface area contributed by atoms with Gasteiger partial charge in [0.1, 0.15) is 5.82 Å². The van der Waals surface area contributed by atoms with E-state index in [2.05, 4.69) is 10.3 Å². The van der Waals surface area contributed by atoms with Crippen molar-refractivity contribution in [1.29, 1.82) is 0 Å². The fraction of sp³-hybridized carbons (Fsp3) is 0.182. The Balaban J connectivity index is 1.38. The number of ether oxygens (including phenoxy) is 2. The van der Waals surface area contributed by atoms with E-state index >= 15 is 0 Å². The average molecular weight is 375 g/mol. The molecule has 0 aliphatic carbocycles. The van der Waals surface area contributed by atoms with Crippen molar-refractivity contribution < 1.29 is 14.3 Å². The van der Waals surface area contributed by atoms with E-state index in [1.807, 2.05) is 48.5 Å². The molecule has 0 bridgehead atoms. The third-order valence-corrected chi connectivity index (χ3v) is 4.64. The van der Waals surface area contributed by atoms with Gasteiger partial charge in [0.15, 0.2) is 11.5 Å². The maximum Gasteiger partial charge on any atom is 0.251 e. The molecule has 0 saturated carbocycles. The van der Waals surface area contributed by atoms with Gasteiger partial charge in [0.2, 0.25) is 6.79 Å². The summed E-state index contributed by atoms with van der Waals surface area (Å²) in [5, 5.41) is 3.00. The lowest BCUT2D eigenvalue weighted by Crippen LogP contribution is -2.26. The van der Waals surface area contributed by atoms with Crippen molar-refractivity contribution in [2.24, 2.45) is 0 Å². The summed E-state index contributed by atoms with van der Waals surface area (Å²) in [6.07, 6.45) is 3.08. The summed E-state index contributed by atoms with van der Waals surface area (Å²) < 4.78 is 10.7. The topological polar surface area (TPSA) is 86.5 Å². The van der Waals surface area contributed by atoms with Gasteiger partial charge in [-0.1, -0.05) is 30.3 Å². The Kier molecular flexibility index (Phi) is 5.10. The van der Waals surface area contributed by atoms with Gasteiger partial charge in [-0.2, -0.15) is 0 Å². The standard InChI is InChI=1S/C22H21N3O3/c23-21-8-6-16(13-25-21)11-17-3-1-2-4-18(17)22(26)24-10-9-15-5-7-19-20(12-15)28-14-27-19/h1-8,12-13H,9-11,14H2,(H2,23,25)(H,24,26). The molecule has 1 aliphatic rings. The molecule has 2 aromatic carbocycles. The smallest absolute Gasteiger partial charge is 0.251 e. The number of rotatable bonds is 6. The number of benzene rings is 2. The lowest BCUT2D eigenvalue weighted by atomic mass is 10.00. The van der Waals surface area contributed by atoms with Crippen molar-refractivity contribution in [3.8, 4) is 11.5 Å². The van der Waals surface area contributed by atoms with Crippen LogP contribution >= 0.6 is 0 Å². The minimum Gasteiger partial charge on any atom is -0.454 e. The summed E-state index contributed by atoms with van der Waals surface area (Å²) in [5.41, 5.74) is 9.36. The number of carbonyl (C=O) groups is 1. The highest BCUT2D eigenvalue weighted by molar-refractivity contribution is 5.95. The number of aromatic nitrogens is 1. The van der Waals surface area contributed by atoms with Gasteiger partial charge < -0.3 is 20.5 Å². The molecule has 6 heteroatoms. The van der Waals surface area contributed by atoms with Crippen molar-refractivity contribution in [2.45, 2.75) is 12.8 Å². The van der Waals surface area contributed by atoms with Crippen LogP contribution in [0.4, 0.5) is 5.82 Å². The number of pyridine rings is 1. The van der Waals surface area contributed by atoms with Crippen LogP contribution in [0.2, 0.25) is 0 Å². The molecule has 0 atom stereocenters. The molecule has 0 fully saturated rings. The molecule has 1 aromatic heterocycles. The van der Waals surface area contributed by atoms with Crippen LogP contribution in [0.1, 0.15) is 27.0 Å². The largest absolute Gasteiger partial charge is 0.454 e. The molecular weight excluding hydrogens is 354 g/mol. The molecule has 0 spiro atoms. The van der Waals surface area contributed by atoms with Crippen LogP contribution in [0.25, 0.3) is 0 Å². The molecule has 3 N–H and O–H groups in total. The van der Waals surface area contributed by atoms with Crippen molar-refractivity contribution in [2.75, 3.05) is 19.1 Å². The van der Waals surface area contributed by atoms with E-state index in [0.717, 1.165) is 28.2 Å². The van der Waals surface area contributed by atoms with Gasteiger partial charge in [-0.15, -0.1) is 0 Å². The van der Waals surface area contributed by atoms with Crippen molar-refractivity contribution >= 4 is 11.7 Å². The summed E-state index contributed by atoms with van der Waals surface area (Å²) >= 11 is 0. The molecule has 0 radical (unpaired) electrons. The Morgan fingerprint density at radius 2 is 1.86 bits per heavy atom. The predicted molar refractivity (Wildman–Crippen MR) is 106 cm³/mol. The number of fused-ring (bicyclic) bond motifs is 1. The second-order valence-electron chi connectivity index (χ2n) is 6.62. The molecule has 142 valence electrons. The predicted octanol–water partition coefficient (Wildman–Crippen LogP) is 2.96. The monoisotopic (exact) mass is 375 g/mol. The number of anilines is 1. The van der Waals surface area contributed by atoms with E-state index in [9.17, 15) is 4.79 Å². The highest BCUT2D eigenvalue weighted by Crippen LogP contribution is 2.32. The van der Waals surface area contributed by atoms with E-state index in [4.69, 9.17) is 15.2 Å². The van der Waals surface area contributed by atoms with Crippen LogP contribution in [-0.2, 0) is 12.8 Å². The van der Waals surface area contributed by atoms with Crippen molar-refractivity contribution in [3.05, 3.63) is 83.0 Å². The minimum atomic E-state index is -0.0836. The van der Waals surface area contributed by atoms with Gasteiger partial charge in [0.05, 0.1) is 0 Å². The average Bonchev–Trinajstić information content (AvgIpc) is 3.18. The van der Waals surface area contributed by atoms with Gasteiger partial charge in [0.25, 0.3) is 5.91 Å². The zero-order valence-electron chi connectivity index (χ0n) is 15.4. The molecule has 0 saturated heterocycles. The highest BCUT2D eigenvalue weighted by Gasteiger charge is 2.14. The number of nitrogen functional groups attached to an aromatic ring is 1. The van der Waals surface area contributed by atoms with Crippen LogP contribution in [0, 0.1) is 0 Å². The number of hydrogen-bond acceptors (Lipinski definition) is 5. The molecule has 3 aromatic rings. The second kappa shape index (κ2) is 8.00. The summed E-state index contributed by atoms with van der Waals surface area (Å²) in [7, 11) is 0. The Bertz CT molecular complexity index is 987. The normalized spacial score (nSPS) is 12.0. The van der Waals surface area contributed by atoms with Crippen LogP contribution in [-0.4, -0.2) is 24.2 Å². The number of amides is 1. The zero-order valence-corrected chi connectivity index (χ0v) is 15.4. The first-order chi connectivity index (χ1) is 13.7. The molecule has 2 heterocycles. The number of hydrogen-bond donors (Lipinski definition) is 2. The minimum absolute atomic E-state index is 0.0836. The molecule has 0 unspecified atom stereocenters. The fourth-order valence-electron chi connectivity index (χ4n) is 3.17. The molecule has 28 heavy (non-hydrogen) atoms. The number of carbonyl (C=O) groups excluding carboxylic acids is 1. The fourth-order valence-corrected chi connectivity index (χ4v) is 3.17. The van der Waals surface area contributed by atoms with Gasteiger partial charge in [-0.05, 0) is 53.8 Å². The number of nitrogens with two attached hydrogens (primary N) is 1. The Morgan fingerprint density at radius 1 is 1.04 bits per heavy atom. The van der Waals surface area contributed by atoms with Gasteiger partial charge in [-0.3, -0.25) is 4.79 Å². The van der Waals surface area contributed by atoms with Crippen LogP contribution in [0.3, 0.4) is 0 Å². The van der Waals surface area contributed by atoms with E-state index in [-0.39, 0.29) is 12.7 Å². The molecule has 4 rings (SSSR count). The first-order valence-electron chi connectivity index (χ1n) is 9.14. The Hall–Kier alpha value is -3.54. The summed E-state index contributed by atoms with van der Waals surface area (Å²) in [6, 6.07) is 17.1. The lowest BCUT2D eigenvalue weighted by Gasteiger charge is -2.11. The molecule has 1 amide bonds. The molecule has 6 nitrogen and oxygen atoms in total. The van der Waals surface area contributed by atoms with Crippen molar-refractivity contribution in [3.63, 3.8) is 0 Å². The van der Waals surface area contributed by atoms with Crippen LogP contribution < -0.4 is 20.5 Å². The first-order valence-corrected chi connectivity index (χ1v) is 9.14. The lowest BCUT2D eigenvalue weighted by molar-refractivity contribution is 0.0953. The quantitative estimate of drug-likeness (QED) is 0.692. The third kappa shape index (κ3) is 4.06. The molecular formula is C22H21N3O3. The van der Waals surface area contributed by atoms with E-state index in [1.54, 1.807) is 12.3 Å². The van der Waals surface area contributed by atoms with E-state index in [0.29, 0.717) is 30.8 Å². The first kappa shape index (κ1) is 17.9. The Morgan fingerprint density at radius 3 is 2.71 bits per heavy atom. The van der Waals surface area contributed by atoms with E-state index in [1.165, 1.54) is 0 Å². The van der Waals surface area contributed by atoms with Crippen LogP contribution in [0.5, 0.6) is 11.5 Å². The zero-order chi connectivity index (χ0) is 19.3. The molecule has 1 aliphatic heterocycles. The number of nitrogens with one attached hydrogen (secondary N) is 1. The summed E-state index contributed by atoms with van der Waals surface area (Å²) in [6.45, 7) is 0.798. The second-order valence-corrected chi connectivity index (χ2v) is 6.62. The SMILES string of the molecule is Nc1ccc(Cc2ccccc2C(=O)NCCc2ccc3c(c2)OCO3)cn1. The number of nitrogens with zero attached hydrogens (tertiary/aromatic N) is 1. The Labute approximate surface area is 163 Å². The van der Waals surface area contributed by atoms with Crippen molar-refractivity contribution in [1.82, 2.24) is 10.3 Å². The maximum atomic E-state index is 12.7. The highest BCUT2D eigenvalue weighted by atomic mass is 16.7. The van der Waals surface area contributed by atoms with E-state index < -0.39 is 0 Å². The van der Waals surface area contributed by atoms with Gasteiger partial charge in [0, 0.05) is 18.3 Å². The summed E-state index contributed by atoms with van der Waals surface area (Å²) in [5.74, 6) is 1.92. The van der Waals surface area contributed by atoms with Gasteiger partial charge >= 0.3 is 0 Å². The maximum absolute atomic E-state index is 12.7. The van der Waals surface area contributed by atoms with Crippen LogP contribution in [0.15, 0.2) is 60.8 Å². The summed E-state index contributed by atoms with van der Waals surface area (Å²) in [4.78, 5) is 16.8.